The van der Waals surface area contributed by atoms with Gasteiger partial charge in [-0.1, -0.05) is 12.1 Å². The second-order valence-corrected chi connectivity index (χ2v) is 6.46. The van der Waals surface area contributed by atoms with Gasteiger partial charge in [0.2, 0.25) is 11.9 Å². The molecule has 0 spiro atoms. The molecule has 29 heavy (non-hydrogen) atoms. The zero-order valence-corrected chi connectivity index (χ0v) is 15.2. The number of nitro benzene ring substituents is 1. The van der Waals surface area contributed by atoms with Crippen LogP contribution in [-0.2, 0) is 4.79 Å². The number of rotatable bonds is 4. The fourth-order valence-electron chi connectivity index (χ4n) is 3.36. The number of carbonyl (C=O) groups is 1. The number of primary amides is 1. The van der Waals surface area contributed by atoms with E-state index in [-0.39, 0.29) is 28.6 Å². The first-order valence-electron chi connectivity index (χ1n) is 8.60. The molecule has 1 unspecified atom stereocenters. The van der Waals surface area contributed by atoms with E-state index in [1.165, 1.54) is 41.1 Å². The summed E-state index contributed by atoms with van der Waals surface area (Å²) < 4.78 is 14.6. The average Bonchev–Trinajstić information content (AvgIpc) is 3.10. The van der Waals surface area contributed by atoms with Crippen molar-refractivity contribution in [2.24, 2.45) is 5.73 Å². The van der Waals surface area contributed by atoms with Gasteiger partial charge in [0.05, 0.1) is 16.1 Å². The third-order valence-electron chi connectivity index (χ3n) is 4.65. The average molecular weight is 394 g/mol. The highest BCUT2D eigenvalue weighted by Gasteiger charge is 2.36. The van der Waals surface area contributed by atoms with Crippen LogP contribution in [0.4, 0.5) is 16.0 Å². The Bertz CT molecular complexity index is 1170. The highest BCUT2D eigenvalue weighted by Crippen LogP contribution is 2.39. The fraction of sp³-hybridized carbons (Fsp3) is 0.105. The minimum atomic E-state index is -0.938. The van der Waals surface area contributed by atoms with Crippen molar-refractivity contribution in [1.29, 1.82) is 0 Å². The Labute approximate surface area is 163 Å². The van der Waals surface area contributed by atoms with Gasteiger partial charge in [0, 0.05) is 17.3 Å². The van der Waals surface area contributed by atoms with Gasteiger partial charge in [-0.25, -0.2) is 9.07 Å². The molecule has 0 aliphatic carbocycles. The number of hydrogen-bond donors (Lipinski definition) is 2. The maximum absolute atomic E-state index is 13.2. The van der Waals surface area contributed by atoms with Crippen LogP contribution in [0.5, 0.6) is 0 Å². The molecule has 2 heterocycles. The number of fused-ring (bicyclic) bond motifs is 1. The summed E-state index contributed by atoms with van der Waals surface area (Å²) in [6, 6.07) is 10.7. The molecule has 3 N–H and O–H groups in total. The van der Waals surface area contributed by atoms with Crippen LogP contribution < -0.4 is 11.1 Å². The number of allylic oxidation sites excluding steroid dienone is 1. The van der Waals surface area contributed by atoms with Gasteiger partial charge >= 0.3 is 0 Å². The molecule has 0 fully saturated rings. The van der Waals surface area contributed by atoms with E-state index in [1.807, 2.05) is 0 Å². The second-order valence-electron chi connectivity index (χ2n) is 6.46. The fourth-order valence-corrected chi connectivity index (χ4v) is 3.36. The normalized spacial score (nSPS) is 15.6. The van der Waals surface area contributed by atoms with Crippen molar-refractivity contribution in [3.63, 3.8) is 0 Å². The molecule has 0 saturated carbocycles. The molecular formula is C19H15FN6O3. The second kappa shape index (κ2) is 6.82. The van der Waals surface area contributed by atoms with Crippen LogP contribution in [0, 0.1) is 15.9 Å². The molecule has 4 rings (SSSR count). The quantitative estimate of drug-likeness (QED) is 0.517. The van der Waals surface area contributed by atoms with Gasteiger partial charge in [0.15, 0.2) is 5.82 Å². The molecule has 1 aromatic heterocycles. The number of nitro groups is 1. The molecule has 0 saturated heterocycles. The predicted octanol–water partition coefficient (Wildman–Crippen LogP) is 2.77. The zero-order chi connectivity index (χ0) is 20.7. The van der Waals surface area contributed by atoms with Crippen LogP contribution in [0.3, 0.4) is 0 Å². The maximum atomic E-state index is 13.2. The Balaban J connectivity index is 1.93. The monoisotopic (exact) mass is 394 g/mol. The van der Waals surface area contributed by atoms with Gasteiger partial charge in [-0.2, -0.15) is 4.98 Å². The van der Waals surface area contributed by atoms with Crippen molar-refractivity contribution in [2.45, 2.75) is 13.0 Å². The molecular weight excluding hydrogens is 379 g/mol. The number of benzene rings is 2. The number of nitrogens with two attached hydrogens (primary N) is 1. The van der Waals surface area contributed by atoms with Crippen LogP contribution in [0.1, 0.15) is 18.5 Å². The van der Waals surface area contributed by atoms with Gasteiger partial charge in [-0.05, 0) is 37.3 Å². The molecule has 1 aliphatic rings. The van der Waals surface area contributed by atoms with Crippen LogP contribution >= 0.6 is 0 Å². The van der Waals surface area contributed by atoms with Crippen molar-refractivity contribution in [1.82, 2.24) is 14.8 Å². The summed E-state index contributed by atoms with van der Waals surface area (Å²) in [4.78, 5) is 27.7. The van der Waals surface area contributed by atoms with Crippen molar-refractivity contribution in [3.8, 4) is 11.4 Å². The number of aromatic nitrogens is 3. The van der Waals surface area contributed by atoms with E-state index in [0.29, 0.717) is 11.3 Å². The van der Waals surface area contributed by atoms with Crippen LogP contribution in [0.25, 0.3) is 11.4 Å². The number of halogens is 1. The van der Waals surface area contributed by atoms with E-state index in [9.17, 15) is 19.3 Å². The van der Waals surface area contributed by atoms with E-state index in [2.05, 4.69) is 15.4 Å². The summed E-state index contributed by atoms with van der Waals surface area (Å²) in [5.74, 6) is -0.575. The third-order valence-corrected chi connectivity index (χ3v) is 4.65. The first-order chi connectivity index (χ1) is 13.9. The third kappa shape index (κ3) is 3.10. The summed E-state index contributed by atoms with van der Waals surface area (Å²) in [6.07, 6.45) is 0. The minimum absolute atomic E-state index is 0.141. The largest absolute Gasteiger partial charge is 0.366 e. The Hall–Kier alpha value is -4.08. The van der Waals surface area contributed by atoms with Crippen LogP contribution in [0.2, 0.25) is 0 Å². The first-order valence-corrected chi connectivity index (χ1v) is 8.60. The topological polar surface area (TPSA) is 129 Å². The number of nitrogens with zero attached hydrogens (tertiary/aromatic N) is 4. The molecule has 2 aromatic carbocycles. The smallest absolute Gasteiger partial charge is 0.275 e. The molecule has 1 amide bonds. The summed E-state index contributed by atoms with van der Waals surface area (Å²) in [6.45, 7) is 1.64. The number of para-hydroxylation sites is 1. The number of carbonyl (C=O) groups excluding carboxylic acids is 1. The maximum Gasteiger partial charge on any atom is 0.275 e. The molecule has 0 bridgehead atoms. The Morgan fingerprint density at radius 1 is 1.24 bits per heavy atom. The van der Waals surface area contributed by atoms with Crippen molar-refractivity contribution in [2.75, 3.05) is 5.32 Å². The Morgan fingerprint density at radius 2 is 1.93 bits per heavy atom. The van der Waals surface area contributed by atoms with E-state index >= 15 is 0 Å². The number of hydrogen-bond acceptors (Lipinski definition) is 6. The first kappa shape index (κ1) is 18.3. The van der Waals surface area contributed by atoms with Gasteiger partial charge in [-0.3, -0.25) is 14.9 Å². The molecule has 9 nitrogen and oxygen atoms in total. The summed E-state index contributed by atoms with van der Waals surface area (Å²) in [5, 5.41) is 19.0. The lowest BCUT2D eigenvalue weighted by molar-refractivity contribution is -0.385. The van der Waals surface area contributed by atoms with Crippen molar-refractivity contribution >= 4 is 17.5 Å². The lowest BCUT2D eigenvalue weighted by atomic mass is 9.94. The highest BCUT2D eigenvalue weighted by molar-refractivity contribution is 5.95. The SMILES string of the molecule is CC1=C(C(N)=O)C(c2ccccc2[N+](=O)[O-])n2nc(-c3ccc(F)cc3)nc2N1. The van der Waals surface area contributed by atoms with Crippen molar-refractivity contribution < 1.29 is 14.1 Å². The van der Waals surface area contributed by atoms with E-state index in [0.717, 1.165) is 0 Å². The zero-order valence-electron chi connectivity index (χ0n) is 15.2. The summed E-state index contributed by atoms with van der Waals surface area (Å²) in [7, 11) is 0. The summed E-state index contributed by atoms with van der Waals surface area (Å²) in [5.41, 5.74) is 6.79. The molecule has 146 valence electrons. The Morgan fingerprint density at radius 3 is 2.59 bits per heavy atom. The Kier molecular flexibility index (Phi) is 4.30. The van der Waals surface area contributed by atoms with Gasteiger partial charge in [-0.15, -0.1) is 5.10 Å². The number of amides is 1. The molecule has 1 atom stereocenters. The van der Waals surface area contributed by atoms with Gasteiger partial charge < -0.3 is 11.1 Å². The lowest BCUT2D eigenvalue weighted by Gasteiger charge is -2.27. The highest BCUT2D eigenvalue weighted by atomic mass is 19.1. The van der Waals surface area contributed by atoms with Gasteiger partial charge in [0.1, 0.15) is 11.9 Å². The summed E-state index contributed by atoms with van der Waals surface area (Å²) >= 11 is 0. The number of anilines is 1. The van der Waals surface area contributed by atoms with E-state index < -0.39 is 22.7 Å². The standard InChI is InChI=1S/C19H15FN6O3/c1-10-15(17(21)27)16(13-4-2-3-5-14(13)26(28)29)25-19(22-10)23-18(24-25)11-6-8-12(20)9-7-11/h2-9,16H,1H3,(H2,21,27)(H,22,23,24). The van der Waals surface area contributed by atoms with Crippen LogP contribution in [-0.4, -0.2) is 25.6 Å². The van der Waals surface area contributed by atoms with Crippen molar-refractivity contribution in [3.05, 3.63) is 81.3 Å². The molecule has 10 heteroatoms. The molecule has 1 aliphatic heterocycles. The predicted molar refractivity (Wildman–Crippen MR) is 102 cm³/mol. The van der Waals surface area contributed by atoms with Gasteiger partial charge in [0.25, 0.3) is 5.69 Å². The van der Waals surface area contributed by atoms with Crippen LogP contribution in [0.15, 0.2) is 59.8 Å². The van der Waals surface area contributed by atoms with E-state index in [1.54, 1.807) is 19.1 Å². The minimum Gasteiger partial charge on any atom is -0.366 e. The lowest BCUT2D eigenvalue weighted by Crippen LogP contribution is -2.32. The number of nitrogens with one attached hydrogen (secondary N) is 1. The van der Waals surface area contributed by atoms with E-state index in [4.69, 9.17) is 5.73 Å². The molecule has 0 radical (unpaired) electrons. The molecule has 3 aromatic rings.